The quantitative estimate of drug-likeness (QED) is 0.350. The first kappa shape index (κ1) is 23.5. The molecule has 1 atom stereocenters. The molecule has 2 heterocycles. The summed E-state index contributed by atoms with van der Waals surface area (Å²) in [6.45, 7) is 2.27. The van der Waals surface area contributed by atoms with Gasteiger partial charge in [0, 0.05) is 29.9 Å². The lowest BCUT2D eigenvalue weighted by Gasteiger charge is -2.26. The average molecular weight is 485 g/mol. The summed E-state index contributed by atoms with van der Waals surface area (Å²) >= 11 is 0. The highest BCUT2D eigenvalue weighted by Crippen LogP contribution is 2.25. The van der Waals surface area contributed by atoms with Crippen LogP contribution in [0.4, 0.5) is 11.4 Å². The predicted molar refractivity (Wildman–Crippen MR) is 125 cm³/mol. The molecular formula is C23H24N4O6S. The number of nitro groups is 1. The molecule has 0 radical (unpaired) electrons. The monoisotopic (exact) mass is 484 g/mol. The Balaban J connectivity index is 1.40. The van der Waals surface area contributed by atoms with Crippen molar-refractivity contribution >= 4 is 27.3 Å². The SMILES string of the molecule is O=C(NC[C@@H](c1ccco1)N1CCCC1)c1ccc(NS(=O)(=O)c2cccc([N+](=O)[O-])c2)cc1. The Hall–Kier alpha value is -3.70. The molecule has 1 saturated heterocycles. The molecule has 1 aliphatic heterocycles. The van der Waals surface area contributed by atoms with Gasteiger partial charge in [-0.25, -0.2) is 8.42 Å². The van der Waals surface area contributed by atoms with E-state index in [0.29, 0.717) is 12.1 Å². The number of rotatable bonds is 9. The van der Waals surface area contributed by atoms with Gasteiger partial charge in [0.15, 0.2) is 0 Å². The van der Waals surface area contributed by atoms with E-state index in [9.17, 15) is 23.3 Å². The lowest BCUT2D eigenvalue weighted by molar-refractivity contribution is -0.385. The van der Waals surface area contributed by atoms with Crippen LogP contribution >= 0.6 is 0 Å². The molecule has 3 aromatic rings. The third-order valence-electron chi connectivity index (χ3n) is 5.65. The van der Waals surface area contributed by atoms with E-state index in [1.54, 1.807) is 6.26 Å². The first-order chi connectivity index (χ1) is 16.3. The van der Waals surface area contributed by atoms with E-state index < -0.39 is 14.9 Å². The van der Waals surface area contributed by atoms with Gasteiger partial charge in [0.25, 0.3) is 21.6 Å². The van der Waals surface area contributed by atoms with Gasteiger partial charge in [0.05, 0.1) is 22.1 Å². The molecular weight excluding hydrogens is 460 g/mol. The maximum absolute atomic E-state index is 12.7. The number of likely N-dealkylation sites (tertiary alicyclic amines) is 1. The Morgan fingerprint density at radius 1 is 1.09 bits per heavy atom. The molecule has 1 amide bonds. The van der Waals surface area contributed by atoms with E-state index in [2.05, 4.69) is 14.9 Å². The van der Waals surface area contributed by atoms with Gasteiger partial charge in [0.1, 0.15) is 5.76 Å². The van der Waals surface area contributed by atoms with E-state index in [-0.39, 0.29) is 28.2 Å². The molecule has 1 aromatic heterocycles. The van der Waals surface area contributed by atoms with E-state index in [0.717, 1.165) is 37.8 Å². The summed E-state index contributed by atoms with van der Waals surface area (Å²) in [7, 11) is -4.03. The number of hydrogen-bond donors (Lipinski definition) is 2. The molecule has 178 valence electrons. The lowest BCUT2D eigenvalue weighted by Crippen LogP contribution is -2.36. The van der Waals surface area contributed by atoms with Crippen molar-refractivity contribution in [1.29, 1.82) is 0 Å². The summed E-state index contributed by atoms with van der Waals surface area (Å²) in [4.78, 5) is 25.0. The average Bonchev–Trinajstić information content (AvgIpc) is 3.55. The summed E-state index contributed by atoms with van der Waals surface area (Å²) in [6.07, 6.45) is 3.84. The number of carbonyl (C=O) groups excluding carboxylic acids is 1. The Bertz CT molecular complexity index is 1250. The molecule has 10 nitrogen and oxygen atoms in total. The minimum atomic E-state index is -4.03. The number of carbonyl (C=O) groups is 1. The maximum atomic E-state index is 12.7. The van der Waals surface area contributed by atoms with E-state index >= 15 is 0 Å². The van der Waals surface area contributed by atoms with Crippen molar-refractivity contribution in [2.45, 2.75) is 23.8 Å². The van der Waals surface area contributed by atoms with Crippen molar-refractivity contribution in [3.8, 4) is 0 Å². The molecule has 0 saturated carbocycles. The van der Waals surface area contributed by atoms with Gasteiger partial charge < -0.3 is 9.73 Å². The molecule has 0 bridgehead atoms. The van der Waals surface area contributed by atoms with Crippen LogP contribution in [0.3, 0.4) is 0 Å². The number of furan rings is 1. The smallest absolute Gasteiger partial charge is 0.270 e. The maximum Gasteiger partial charge on any atom is 0.270 e. The highest BCUT2D eigenvalue weighted by atomic mass is 32.2. The zero-order chi connectivity index (χ0) is 24.1. The van der Waals surface area contributed by atoms with Crippen LogP contribution in [-0.4, -0.2) is 43.8 Å². The fraction of sp³-hybridized carbons (Fsp3) is 0.261. The summed E-state index contributed by atoms with van der Waals surface area (Å²) in [5.41, 5.74) is 0.281. The second-order valence-electron chi connectivity index (χ2n) is 7.92. The first-order valence-electron chi connectivity index (χ1n) is 10.8. The van der Waals surface area contributed by atoms with Crippen molar-refractivity contribution in [2.75, 3.05) is 24.4 Å². The van der Waals surface area contributed by atoms with Crippen LogP contribution in [0.2, 0.25) is 0 Å². The second kappa shape index (κ2) is 10.1. The lowest BCUT2D eigenvalue weighted by atomic mass is 10.1. The number of nitrogens with zero attached hydrogens (tertiary/aromatic N) is 2. The van der Waals surface area contributed by atoms with Crippen LogP contribution in [0.25, 0.3) is 0 Å². The number of benzene rings is 2. The van der Waals surface area contributed by atoms with Gasteiger partial charge in [-0.15, -0.1) is 0 Å². The second-order valence-corrected chi connectivity index (χ2v) is 9.60. The van der Waals surface area contributed by atoms with Crippen LogP contribution in [-0.2, 0) is 10.0 Å². The van der Waals surface area contributed by atoms with Gasteiger partial charge in [-0.1, -0.05) is 6.07 Å². The molecule has 1 aliphatic rings. The Kier molecular flexibility index (Phi) is 6.94. The molecule has 4 rings (SSSR count). The van der Waals surface area contributed by atoms with Crippen LogP contribution in [0.15, 0.2) is 76.2 Å². The summed E-state index contributed by atoms with van der Waals surface area (Å²) in [5, 5.41) is 13.9. The highest BCUT2D eigenvalue weighted by molar-refractivity contribution is 7.92. The topological polar surface area (TPSA) is 135 Å². The van der Waals surface area contributed by atoms with Gasteiger partial charge in [-0.05, 0) is 68.4 Å². The highest BCUT2D eigenvalue weighted by Gasteiger charge is 2.26. The van der Waals surface area contributed by atoms with Crippen molar-refractivity contribution in [3.05, 3.63) is 88.4 Å². The van der Waals surface area contributed by atoms with Gasteiger partial charge in [-0.2, -0.15) is 0 Å². The first-order valence-corrected chi connectivity index (χ1v) is 12.2. The fourth-order valence-corrected chi connectivity index (χ4v) is 5.00. The summed E-state index contributed by atoms with van der Waals surface area (Å²) in [5.74, 6) is 0.511. The third-order valence-corrected chi connectivity index (χ3v) is 7.03. The Morgan fingerprint density at radius 2 is 1.82 bits per heavy atom. The summed E-state index contributed by atoms with van der Waals surface area (Å²) < 4.78 is 33.1. The molecule has 34 heavy (non-hydrogen) atoms. The normalized spacial score (nSPS) is 15.1. The largest absolute Gasteiger partial charge is 0.468 e. The van der Waals surface area contributed by atoms with Crippen LogP contribution in [0.1, 0.15) is 35.0 Å². The molecule has 0 unspecified atom stereocenters. The van der Waals surface area contributed by atoms with Crippen molar-refractivity contribution in [2.24, 2.45) is 0 Å². The van der Waals surface area contributed by atoms with E-state index in [4.69, 9.17) is 4.42 Å². The zero-order valence-corrected chi connectivity index (χ0v) is 19.0. The summed E-state index contributed by atoms with van der Waals surface area (Å²) in [6, 6.07) is 14.4. The van der Waals surface area contributed by atoms with E-state index in [1.165, 1.54) is 42.5 Å². The standard InChI is InChI=1S/C23H24N4O6S/c28-23(24-16-21(22-7-4-14-33-22)26-12-1-2-13-26)17-8-10-18(11-9-17)25-34(31,32)20-6-3-5-19(15-20)27(29)30/h3-11,14-15,21,25H,1-2,12-13,16H2,(H,24,28)/t21-/m0/s1. The zero-order valence-electron chi connectivity index (χ0n) is 18.2. The molecule has 11 heteroatoms. The molecule has 2 N–H and O–H groups in total. The predicted octanol–water partition coefficient (Wildman–Crippen LogP) is 3.56. The number of non-ortho nitro benzene ring substituents is 1. The molecule has 1 fully saturated rings. The Morgan fingerprint density at radius 3 is 2.47 bits per heavy atom. The van der Waals surface area contributed by atoms with Gasteiger partial charge in [0.2, 0.25) is 0 Å². The molecule has 0 aliphatic carbocycles. The minimum Gasteiger partial charge on any atom is -0.468 e. The van der Waals surface area contributed by atoms with Crippen molar-refractivity contribution in [3.63, 3.8) is 0 Å². The van der Waals surface area contributed by atoms with Crippen LogP contribution in [0.5, 0.6) is 0 Å². The Labute approximate surface area is 196 Å². The fourth-order valence-electron chi connectivity index (χ4n) is 3.90. The van der Waals surface area contributed by atoms with Gasteiger partial charge >= 0.3 is 0 Å². The van der Waals surface area contributed by atoms with E-state index in [1.807, 2.05) is 12.1 Å². The van der Waals surface area contributed by atoms with Crippen molar-refractivity contribution in [1.82, 2.24) is 10.2 Å². The number of amides is 1. The van der Waals surface area contributed by atoms with Crippen LogP contribution < -0.4 is 10.0 Å². The van der Waals surface area contributed by atoms with Gasteiger partial charge in [-0.3, -0.25) is 24.5 Å². The number of nitrogens with one attached hydrogen (secondary N) is 2. The molecule has 0 spiro atoms. The number of anilines is 1. The van der Waals surface area contributed by atoms with Crippen molar-refractivity contribution < 1.29 is 22.6 Å². The number of hydrogen-bond acceptors (Lipinski definition) is 7. The number of nitro benzene ring substituents is 1. The minimum absolute atomic E-state index is 0.0533. The molecule has 2 aromatic carbocycles. The number of sulfonamides is 1. The third kappa shape index (κ3) is 5.43. The van der Waals surface area contributed by atoms with Crippen LogP contribution in [0, 0.1) is 10.1 Å².